The summed E-state index contributed by atoms with van der Waals surface area (Å²) in [6, 6.07) is 10.1. The third-order valence-corrected chi connectivity index (χ3v) is 4.90. The molecule has 4 rings (SSSR count). The van der Waals surface area contributed by atoms with E-state index in [0.717, 1.165) is 4.80 Å². The second-order valence-electron chi connectivity index (χ2n) is 7.10. The van der Waals surface area contributed by atoms with Gasteiger partial charge in [-0.3, -0.25) is 9.59 Å². The van der Waals surface area contributed by atoms with Crippen molar-refractivity contribution in [1.82, 2.24) is 20.2 Å². The number of carbonyl (C=O) groups is 3. The molecule has 33 heavy (non-hydrogen) atoms. The number of hydrogen-bond donors (Lipinski definition) is 2. The average Bonchev–Trinajstić information content (AvgIpc) is 3.37. The molecule has 0 bridgehead atoms. The van der Waals surface area contributed by atoms with Crippen LogP contribution in [0.2, 0.25) is 0 Å². The molecule has 2 aromatic carbocycles. The first kappa shape index (κ1) is 21.7. The van der Waals surface area contributed by atoms with Crippen LogP contribution in [0.25, 0.3) is 11.4 Å². The summed E-state index contributed by atoms with van der Waals surface area (Å²) >= 11 is 0. The number of carbonyl (C=O) groups excluding carboxylic acids is 3. The smallest absolute Gasteiger partial charge is 0.343 e. The highest BCUT2D eigenvalue weighted by atomic mass is 16.6. The zero-order valence-corrected chi connectivity index (χ0v) is 17.8. The number of methoxy groups -OCH3 is 2. The van der Waals surface area contributed by atoms with Gasteiger partial charge in [-0.25, -0.2) is 4.79 Å². The Morgan fingerprint density at radius 3 is 2.76 bits per heavy atom. The zero-order chi connectivity index (χ0) is 23.5. The summed E-state index contributed by atoms with van der Waals surface area (Å²) in [5.41, 5.74) is 7.00. The first-order valence-corrected chi connectivity index (χ1v) is 9.82. The summed E-state index contributed by atoms with van der Waals surface area (Å²) < 4.78 is 15.9. The van der Waals surface area contributed by atoms with Crippen molar-refractivity contribution in [3.63, 3.8) is 0 Å². The number of aromatic nitrogens is 4. The van der Waals surface area contributed by atoms with Crippen molar-refractivity contribution in [3.8, 4) is 22.9 Å². The number of anilines is 1. The molecule has 0 radical (unpaired) electrons. The quantitative estimate of drug-likeness (QED) is 0.477. The highest BCUT2D eigenvalue weighted by molar-refractivity contribution is 5.99. The van der Waals surface area contributed by atoms with E-state index in [1.807, 2.05) is 0 Å². The van der Waals surface area contributed by atoms with Crippen LogP contribution in [0.3, 0.4) is 0 Å². The highest BCUT2D eigenvalue weighted by Gasteiger charge is 2.36. The second-order valence-corrected chi connectivity index (χ2v) is 7.10. The number of nitrogens with zero attached hydrogens (tertiary/aromatic N) is 4. The van der Waals surface area contributed by atoms with Crippen LogP contribution in [-0.4, -0.2) is 52.2 Å². The van der Waals surface area contributed by atoms with E-state index in [2.05, 4.69) is 20.7 Å². The Balaban J connectivity index is 1.48. The van der Waals surface area contributed by atoms with Crippen LogP contribution in [0, 0.1) is 0 Å². The van der Waals surface area contributed by atoms with E-state index in [-0.39, 0.29) is 36.0 Å². The van der Waals surface area contributed by atoms with Crippen LogP contribution >= 0.6 is 0 Å². The molecule has 170 valence electrons. The van der Waals surface area contributed by atoms with Crippen molar-refractivity contribution in [3.05, 3.63) is 47.5 Å². The van der Waals surface area contributed by atoms with Gasteiger partial charge >= 0.3 is 5.97 Å². The van der Waals surface area contributed by atoms with Crippen molar-refractivity contribution in [2.45, 2.75) is 19.1 Å². The number of nitrogens with two attached hydrogens (primary N) is 1. The molecule has 12 heteroatoms. The Morgan fingerprint density at radius 1 is 1.21 bits per heavy atom. The van der Waals surface area contributed by atoms with E-state index >= 15 is 0 Å². The van der Waals surface area contributed by atoms with Crippen molar-refractivity contribution in [2.24, 2.45) is 5.73 Å². The lowest BCUT2D eigenvalue weighted by atomic mass is 10.0. The first-order chi connectivity index (χ1) is 15.9. The topological polar surface area (TPSA) is 161 Å². The number of fused-ring (bicyclic) bond motifs is 1. The molecule has 1 aliphatic rings. The van der Waals surface area contributed by atoms with Crippen LogP contribution in [-0.2, 0) is 20.9 Å². The van der Waals surface area contributed by atoms with Gasteiger partial charge in [-0.05, 0) is 23.4 Å². The Morgan fingerprint density at radius 2 is 2.03 bits per heavy atom. The molecular weight excluding hydrogens is 432 g/mol. The minimum absolute atomic E-state index is 0.0918. The van der Waals surface area contributed by atoms with E-state index in [1.165, 1.54) is 14.2 Å². The van der Waals surface area contributed by atoms with Gasteiger partial charge in [0.15, 0.2) is 11.5 Å². The summed E-state index contributed by atoms with van der Waals surface area (Å²) in [7, 11) is 2.90. The van der Waals surface area contributed by atoms with Crippen LogP contribution < -0.4 is 20.5 Å². The number of cyclic esters (lactones) is 1. The molecule has 3 aromatic rings. The maximum absolute atomic E-state index is 12.7. The van der Waals surface area contributed by atoms with Gasteiger partial charge in [0, 0.05) is 16.8 Å². The number of amides is 2. The molecule has 0 aliphatic carbocycles. The fourth-order valence-corrected chi connectivity index (χ4v) is 3.51. The zero-order valence-electron chi connectivity index (χ0n) is 17.8. The minimum Gasteiger partial charge on any atom is -0.493 e. The fourth-order valence-electron chi connectivity index (χ4n) is 3.51. The Kier molecular flexibility index (Phi) is 5.89. The van der Waals surface area contributed by atoms with Crippen molar-refractivity contribution >= 4 is 23.5 Å². The largest absolute Gasteiger partial charge is 0.493 e. The minimum atomic E-state index is -0.758. The summed E-state index contributed by atoms with van der Waals surface area (Å²) in [6.45, 7) is -0.193. The third kappa shape index (κ3) is 4.44. The number of tetrazole rings is 1. The molecule has 0 fully saturated rings. The SMILES string of the molecule is COc1ccc2c(c1OC)C(=O)O[C@@H]2CC(=O)Nc1cccc(-c2nnn(CC(N)=O)n2)c1. The third-order valence-electron chi connectivity index (χ3n) is 4.90. The van der Waals surface area contributed by atoms with Gasteiger partial charge in [0.25, 0.3) is 0 Å². The predicted octanol–water partition coefficient (Wildman–Crippen LogP) is 1.08. The van der Waals surface area contributed by atoms with Crippen LogP contribution in [0.4, 0.5) is 5.69 Å². The standard InChI is InChI=1S/C21H20N6O6/c1-31-14-7-6-13-15(33-21(30)18(13)19(14)32-2)9-17(29)23-12-5-3-4-11(8-12)20-24-26-27(25-20)10-16(22)28/h3-8,15H,9-10H2,1-2H3,(H2,22,28)(H,23,29)/t15-/m1/s1. The van der Waals surface area contributed by atoms with E-state index in [4.69, 9.17) is 19.9 Å². The van der Waals surface area contributed by atoms with Gasteiger partial charge in [0.2, 0.25) is 17.6 Å². The van der Waals surface area contributed by atoms with Crippen LogP contribution in [0.15, 0.2) is 36.4 Å². The first-order valence-electron chi connectivity index (χ1n) is 9.82. The van der Waals surface area contributed by atoms with Crippen LogP contribution in [0.1, 0.15) is 28.4 Å². The molecule has 0 saturated heterocycles. The fraction of sp³-hybridized carbons (Fsp3) is 0.238. The van der Waals surface area contributed by atoms with E-state index < -0.39 is 18.0 Å². The molecule has 3 N–H and O–H groups in total. The lowest BCUT2D eigenvalue weighted by Gasteiger charge is -2.13. The number of hydrogen-bond acceptors (Lipinski definition) is 9. The van der Waals surface area contributed by atoms with E-state index in [1.54, 1.807) is 36.4 Å². The summed E-state index contributed by atoms with van der Waals surface area (Å²) in [4.78, 5) is 37.2. The molecule has 2 heterocycles. The van der Waals surface area contributed by atoms with Gasteiger partial charge in [0.05, 0.1) is 20.6 Å². The molecule has 12 nitrogen and oxygen atoms in total. The van der Waals surface area contributed by atoms with Crippen LogP contribution in [0.5, 0.6) is 11.5 Å². The molecule has 1 atom stereocenters. The Bertz CT molecular complexity index is 1240. The van der Waals surface area contributed by atoms with Gasteiger partial charge in [0.1, 0.15) is 18.2 Å². The molecule has 0 saturated carbocycles. The maximum Gasteiger partial charge on any atom is 0.343 e. The normalized spacial score (nSPS) is 14.4. The Hall–Kier alpha value is -4.48. The van der Waals surface area contributed by atoms with Gasteiger partial charge in [-0.1, -0.05) is 18.2 Å². The monoisotopic (exact) mass is 452 g/mol. The lowest BCUT2D eigenvalue weighted by molar-refractivity contribution is -0.119. The average molecular weight is 452 g/mol. The number of primary amides is 1. The molecular formula is C21H20N6O6. The molecule has 2 amide bonds. The van der Waals surface area contributed by atoms with Crippen molar-refractivity contribution < 1.29 is 28.6 Å². The molecule has 1 aromatic heterocycles. The van der Waals surface area contributed by atoms with Gasteiger partial charge < -0.3 is 25.3 Å². The summed E-state index contributed by atoms with van der Waals surface area (Å²) in [5.74, 6) is -0.593. The number of ether oxygens (including phenoxy) is 3. The van der Waals surface area contributed by atoms with Gasteiger partial charge in [-0.15, -0.1) is 10.2 Å². The summed E-state index contributed by atoms with van der Waals surface area (Å²) in [5, 5.41) is 14.5. The Labute approximate surface area is 187 Å². The number of nitrogens with one attached hydrogen (secondary N) is 1. The second kappa shape index (κ2) is 8.94. The number of benzene rings is 2. The number of esters is 1. The highest BCUT2D eigenvalue weighted by Crippen LogP contribution is 2.43. The predicted molar refractivity (Wildman–Crippen MR) is 113 cm³/mol. The summed E-state index contributed by atoms with van der Waals surface area (Å²) in [6.07, 6.45) is -0.850. The maximum atomic E-state index is 12.7. The van der Waals surface area contributed by atoms with Crippen molar-refractivity contribution in [1.29, 1.82) is 0 Å². The number of rotatable bonds is 8. The molecule has 0 spiro atoms. The molecule has 1 aliphatic heterocycles. The van der Waals surface area contributed by atoms with Crippen molar-refractivity contribution in [2.75, 3.05) is 19.5 Å². The van der Waals surface area contributed by atoms with E-state index in [0.29, 0.717) is 22.6 Å². The van der Waals surface area contributed by atoms with Gasteiger partial charge in [-0.2, -0.15) is 4.80 Å². The molecule has 0 unspecified atom stereocenters. The lowest BCUT2D eigenvalue weighted by Crippen LogP contribution is -2.20. The van der Waals surface area contributed by atoms with E-state index in [9.17, 15) is 14.4 Å².